The highest BCUT2D eigenvalue weighted by molar-refractivity contribution is 7.89. The predicted octanol–water partition coefficient (Wildman–Crippen LogP) is 3.03. The first-order valence-electron chi connectivity index (χ1n) is 9.40. The van der Waals surface area contributed by atoms with Crippen LogP contribution in [0.2, 0.25) is 0 Å². The molecule has 2 amide bonds. The van der Waals surface area contributed by atoms with E-state index < -0.39 is 27.3 Å². The minimum atomic E-state index is -4.12. The highest BCUT2D eigenvalue weighted by atomic mass is 32.2. The number of amides is 2. The molecule has 170 valence electrons. The van der Waals surface area contributed by atoms with Gasteiger partial charge in [0.15, 0.2) is 0 Å². The number of nitriles is 1. The Kier molecular flexibility index (Phi) is 7.75. The van der Waals surface area contributed by atoms with Crippen LogP contribution in [-0.2, 0) is 27.8 Å². The smallest absolute Gasteiger partial charge is 0.307 e. The van der Waals surface area contributed by atoms with Gasteiger partial charge in [-0.05, 0) is 48.0 Å². The monoisotopic (exact) mass is 485 g/mol. The maximum absolute atomic E-state index is 13.2. The largest absolute Gasteiger partial charge is 0.334 e. The molecular formula is C21H19N5O5S2. The fourth-order valence-corrected chi connectivity index (χ4v) is 4.40. The van der Waals surface area contributed by atoms with Gasteiger partial charge in [-0.15, -0.1) is 4.41 Å². The summed E-state index contributed by atoms with van der Waals surface area (Å²) in [6.45, 7) is -0.217. The Labute approximate surface area is 193 Å². The maximum atomic E-state index is 13.2. The van der Waals surface area contributed by atoms with E-state index in [0.29, 0.717) is 22.5 Å². The normalized spacial score (nSPS) is 11.9. The van der Waals surface area contributed by atoms with Crippen molar-refractivity contribution in [1.29, 1.82) is 5.26 Å². The first kappa shape index (κ1) is 23.9. The number of carbonyl (C=O) groups is 1. The third kappa shape index (κ3) is 6.61. The van der Waals surface area contributed by atoms with Gasteiger partial charge < -0.3 is 5.32 Å². The van der Waals surface area contributed by atoms with E-state index in [4.69, 9.17) is 9.81 Å². The molecule has 0 aliphatic heterocycles. The number of sulfonamides is 1. The second kappa shape index (κ2) is 10.7. The van der Waals surface area contributed by atoms with E-state index >= 15 is 0 Å². The van der Waals surface area contributed by atoms with Gasteiger partial charge in [0, 0.05) is 11.4 Å². The molecule has 0 saturated carbocycles. The van der Waals surface area contributed by atoms with Crippen molar-refractivity contribution in [3.05, 3.63) is 90.0 Å². The van der Waals surface area contributed by atoms with Crippen LogP contribution in [0.15, 0.2) is 83.8 Å². The Balaban J connectivity index is 1.84. The van der Waals surface area contributed by atoms with Crippen LogP contribution in [0.25, 0.3) is 0 Å². The van der Waals surface area contributed by atoms with Gasteiger partial charge in [-0.1, -0.05) is 36.4 Å². The van der Waals surface area contributed by atoms with Gasteiger partial charge >= 0.3 is 6.03 Å². The molecule has 0 spiro atoms. The van der Waals surface area contributed by atoms with Crippen molar-refractivity contribution in [1.82, 2.24) is 9.84 Å². The van der Waals surface area contributed by atoms with Crippen LogP contribution in [0.1, 0.15) is 11.1 Å². The SMILES string of the molecule is N#Cc1cccc(NC(=O)NN(Cc2ccc(NS(=O)O)cc2)S(=O)(=O)c2ccccc2)c1. The summed E-state index contributed by atoms with van der Waals surface area (Å²) in [4.78, 5) is 12.6. The first-order chi connectivity index (χ1) is 15.8. The molecule has 1 unspecified atom stereocenters. The number of rotatable bonds is 8. The Morgan fingerprint density at radius 3 is 2.33 bits per heavy atom. The third-order valence-electron chi connectivity index (χ3n) is 4.29. The van der Waals surface area contributed by atoms with Crippen molar-refractivity contribution >= 4 is 38.7 Å². The predicted molar refractivity (Wildman–Crippen MR) is 123 cm³/mol. The number of carbonyl (C=O) groups excluding carboxylic acids is 1. The van der Waals surface area contributed by atoms with Gasteiger partial charge in [0.25, 0.3) is 21.3 Å². The molecule has 3 aromatic carbocycles. The van der Waals surface area contributed by atoms with Gasteiger partial charge in [-0.3, -0.25) is 14.7 Å². The number of hydrazine groups is 1. The lowest BCUT2D eigenvalue weighted by Gasteiger charge is -2.23. The number of nitrogens with zero attached hydrogens (tertiary/aromatic N) is 2. The standard InChI is InChI=1S/C21H19N5O5S2/c22-14-17-5-4-6-19(13-17)23-21(27)24-26(33(30,31)20-7-2-1-3-8-20)15-16-9-11-18(12-10-16)25-32(28)29/h1-13,25H,15H2,(H,28,29)(H2,23,24,27). The third-order valence-corrected chi connectivity index (χ3v) is 6.37. The highest BCUT2D eigenvalue weighted by Crippen LogP contribution is 2.18. The summed E-state index contributed by atoms with van der Waals surface area (Å²) >= 11 is -2.24. The molecule has 4 N–H and O–H groups in total. The topological polar surface area (TPSA) is 152 Å². The first-order valence-corrected chi connectivity index (χ1v) is 11.9. The van der Waals surface area contributed by atoms with Crippen molar-refractivity contribution in [2.45, 2.75) is 11.4 Å². The number of hydrogen-bond donors (Lipinski definition) is 4. The summed E-state index contributed by atoms with van der Waals surface area (Å²) in [7, 11) is -4.12. The van der Waals surface area contributed by atoms with Crippen LogP contribution >= 0.6 is 0 Å². The molecule has 0 aromatic heterocycles. The number of anilines is 2. The molecule has 12 heteroatoms. The molecular weight excluding hydrogens is 466 g/mol. The summed E-state index contributed by atoms with van der Waals surface area (Å²) < 4.78 is 49.3. The fourth-order valence-electron chi connectivity index (χ4n) is 2.79. The molecule has 1 atom stereocenters. The van der Waals surface area contributed by atoms with Crippen LogP contribution in [0.3, 0.4) is 0 Å². The van der Waals surface area contributed by atoms with E-state index in [0.717, 1.165) is 4.41 Å². The Morgan fingerprint density at radius 2 is 1.70 bits per heavy atom. The number of hydrogen-bond acceptors (Lipinski definition) is 5. The Hall–Kier alpha value is -3.76. The van der Waals surface area contributed by atoms with E-state index in [1.807, 2.05) is 6.07 Å². The van der Waals surface area contributed by atoms with Gasteiger partial charge in [0.2, 0.25) is 0 Å². The molecule has 0 fully saturated rings. The van der Waals surface area contributed by atoms with Crippen molar-refractivity contribution in [3.63, 3.8) is 0 Å². The molecule has 3 rings (SSSR count). The van der Waals surface area contributed by atoms with E-state index in [1.54, 1.807) is 48.5 Å². The lowest BCUT2D eigenvalue weighted by Crippen LogP contribution is -2.47. The average molecular weight is 486 g/mol. The molecule has 0 heterocycles. The number of nitrogens with one attached hydrogen (secondary N) is 3. The van der Waals surface area contributed by atoms with Gasteiger partial charge in [0.1, 0.15) is 0 Å². The molecule has 0 aliphatic rings. The van der Waals surface area contributed by atoms with Crippen molar-refractivity contribution < 1.29 is 22.0 Å². The van der Waals surface area contributed by atoms with Crippen LogP contribution in [0.4, 0.5) is 16.2 Å². The average Bonchev–Trinajstić information content (AvgIpc) is 2.80. The van der Waals surface area contributed by atoms with Crippen LogP contribution < -0.4 is 15.5 Å². The lowest BCUT2D eigenvalue weighted by molar-refractivity contribution is 0.229. The van der Waals surface area contributed by atoms with E-state index in [1.165, 1.54) is 30.3 Å². The summed E-state index contributed by atoms with van der Waals surface area (Å²) in [6.07, 6.45) is 0. The molecule has 0 saturated heterocycles. The Bertz CT molecular complexity index is 1290. The fraction of sp³-hybridized carbons (Fsp3) is 0.0476. The molecule has 10 nitrogen and oxygen atoms in total. The zero-order valence-corrected chi connectivity index (χ0v) is 18.6. The summed E-state index contributed by atoms with van der Waals surface area (Å²) in [5.41, 5.74) is 3.86. The summed E-state index contributed by atoms with van der Waals surface area (Å²) in [5.74, 6) is 0. The van der Waals surface area contributed by atoms with Crippen LogP contribution in [0.5, 0.6) is 0 Å². The van der Waals surface area contributed by atoms with Crippen molar-refractivity contribution in [3.8, 4) is 6.07 Å². The molecule has 0 radical (unpaired) electrons. The van der Waals surface area contributed by atoms with Crippen molar-refractivity contribution in [2.75, 3.05) is 10.0 Å². The van der Waals surface area contributed by atoms with E-state index in [9.17, 15) is 17.4 Å². The quantitative estimate of drug-likeness (QED) is 0.284. The summed E-state index contributed by atoms with van der Waals surface area (Å²) in [6, 6.07) is 21.0. The lowest BCUT2D eigenvalue weighted by atomic mass is 10.2. The highest BCUT2D eigenvalue weighted by Gasteiger charge is 2.26. The summed E-state index contributed by atoms with van der Waals surface area (Å²) in [5, 5.41) is 11.5. The maximum Gasteiger partial charge on any atom is 0.334 e. The van der Waals surface area contributed by atoms with Gasteiger partial charge in [0.05, 0.1) is 23.1 Å². The zero-order chi connectivity index (χ0) is 23.8. The van der Waals surface area contributed by atoms with Gasteiger partial charge in [-0.25, -0.2) is 17.4 Å². The van der Waals surface area contributed by atoms with Crippen LogP contribution in [-0.4, -0.2) is 27.6 Å². The van der Waals surface area contributed by atoms with E-state index in [2.05, 4.69) is 15.5 Å². The zero-order valence-electron chi connectivity index (χ0n) is 17.0. The molecule has 0 aliphatic carbocycles. The second-order valence-electron chi connectivity index (χ2n) is 6.63. The molecule has 3 aromatic rings. The van der Waals surface area contributed by atoms with Crippen molar-refractivity contribution in [2.24, 2.45) is 0 Å². The minimum Gasteiger partial charge on any atom is -0.307 e. The Morgan fingerprint density at radius 1 is 1.00 bits per heavy atom. The number of urea groups is 1. The van der Waals surface area contributed by atoms with Crippen LogP contribution in [0, 0.1) is 11.3 Å². The minimum absolute atomic E-state index is 0.0225. The van der Waals surface area contributed by atoms with E-state index in [-0.39, 0.29) is 11.4 Å². The number of benzene rings is 3. The molecule has 0 bridgehead atoms. The molecule has 33 heavy (non-hydrogen) atoms. The van der Waals surface area contributed by atoms with Gasteiger partial charge in [-0.2, -0.15) is 5.26 Å². The second-order valence-corrected chi connectivity index (χ2v) is 9.20.